The largest absolute Gasteiger partial charge is 0.457 e. The number of nitrogens with zero attached hydrogens (tertiary/aromatic N) is 1. The van der Waals surface area contributed by atoms with Gasteiger partial charge in [-0.05, 0) is 72.8 Å². The number of carbonyl (C=O) groups is 1. The van der Waals surface area contributed by atoms with Crippen LogP contribution in [0.15, 0.2) is 89.4 Å². The molecule has 0 aliphatic rings. The lowest BCUT2D eigenvalue weighted by molar-refractivity contribution is -0.111. The van der Waals surface area contributed by atoms with Gasteiger partial charge in [0.05, 0.1) is 15.2 Å². The number of aromatic nitrogens is 1. The Labute approximate surface area is 204 Å². The summed E-state index contributed by atoms with van der Waals surface area (Å²) in [5, 5.41) is 4.85. The molecule has 4 nitrogen and oxygen atoms in total. The van der Waals surface area contributed by atoms with E-state index in [1.807, 2.05) is 54.6 Å². The average molecular weight is 491 g/mol. The second-order valence-corrected chi connectivity index (χ2v) is 9.09. The summed E-state index contributed by atoms with van der Waals surface area (Å²) in [5.74, 6) is 0.978. The van der Waals surface area contributed by atoms with Gasteiger partial charge in [0.1, 0.15) is 16.5 Å². The third kappa shape index (κ3) is 4.86. The van der Waals surface area contributed by atoms with Crippen molar-refractivity contribution >= 4 is 62.4 Å². The third-order valence-electron chi connectivity index (χ3n) is 4.92. The van der Waals surface area contributed by atoms with Gasteiger partial charge in [-0.2, -0.15) is 0 Å². The Morgan fingerprint density at radius 2 is 1.79 bits per heavy atom. The van der Waals surface area contributed by atoms with Gasteiger partial charge in [0.25, 0.3) is 0 Å². The normalized spacial score (nSPS) is 11.3. The van der Waals surface area contributed by atoms with Gasteiger partial charge in [-0.25, -0.2) is 4.98 Å². The first-order valence-corrected chi connectivity index (χ1v) is 11.6. The summed E-state index contributed by atoms with van der Waals surface area (Å²) in [7, 11) is 0. The fourth-order valence-corrected chi connectivity index (χ4v) is 4.76. The molecule has 33 heavy (non-hydrogen) atoms. The third-order valence-corrected chi connectivity index (χ3v) is 6.55. The predicted octanol–water partition coefficient (Wildman–Crippen LogP) is 8.18. The molecule has 7 heteroatoms. The summed E-state index contributed by atoms with van der Waals surface area (Å²) in [4.78, 5) is 17.0. The number of halogens is 2. The molecular formula is C26H16Cl2N2O2S. The Hall–Kier alpha value is -3.38. The summed E-state index contributed by atoms with van der Waals surface area (Å²) < 4.78 is 6.88. The van der Waals surface area contributed by atoms with Gasteiger partial charge in [0.15, 0.2) is 0 Å². The number of benzene rings is 3. The maximum Gasteiger partial charge on any atom is 0.248 e. The molecule has 5 rings (SSSR count). The smallest absolute Gasteiger partial charge is 0.248 e. The van der Waals surface area contributed by atoms with Gasteiger partial charge in [-0.3, -0.25) is 4.79 Å². The zero-order valence-electron chi connectivity index (χ0n) is 17.1. The van der Waals surface area contributed by atoms with E-state index in [1.165, 1.54) is 6.08 Å². The minimum atomic E-state index is -0.289. The highest BCUT2D eigenvalue weighted by molar-refractivity contribution is 7.21. The molecular weight excluding hydrogens is 475 g/mol. The van der Waals surface area contributed by atoms with Crippen LogP contribution in [0.5, 0.6) is 0 Å². The molecule has 2 aromatic heterocycles. The van der Waals surface area contributed by atoms with E-state index in [4.69, 9.17) is 27.6 Å². The number of para-hydroxylation sites is 1. The maximum absolute atomic E-state index is 12.4. The minimum absolute atomic E-state index is 0.289. The van der Waals surface area contributed by atoms with E-state index in [-0.39, 0.29) is 5.91 Å². The van der Waals surface area contributed by atoms with Crippen molar-refractivity contribution in [2.75, 3.05) is 5.32 Å². The number of hydrogen-bond acceptors (Lipinski definition) is 4. The second-order valence-electron chi connectivity index (χ2n) is 7.21. The van der Waals surface area contributed by atoms with E-state index in [2.05, 4.69) is 10.3 Å². The number of rotatable bonds is 5. The summed E-state index contributed by atoms with van der Waals surface area (Å²) in [6.07, 6.45) is 3.03. The van der Waals surface area contributed by atoms with Crippen molar-refractivity contribution < 1.29 is 9.21 Å². The molecule has 0 fully saturated rings. The van der Waals surface area contributed by atoms with Crippen LogP contribution in [-0.2, 0) is 4.79 Å². The predicted molar refractivity (Wildman–Crippen MR) is 137 cm³/mol. The van der Waals surface area contributed by atoms with E-state index < -0.39 is 0 Å². The van der Waals surface area contributed by atoms with Gasteiger partial charge in [0, 0.05) is 27.9 Å². The van der Waals surface area contributed by atoms with Crippen molar-refractivity contribution in [2.45, 2.75) is 0 Å². The zero-order valence-corrected chi connectivity index (χ0v) is 19.4. The quantitative estimate of drug-likeness (QED) is 0.252. The Balaban J connectivity index is 1.27. The van der Waals surface area contributed by atoms with E-state index in [1.54, 1.807) is 41.7 Å². The molecule has 0 spiro atoms. The van der Waals surface area contributed by atoms with Crippen molar-refractivity contribution in [1.82, 2.24) is 4.98 Å². The van der Waals surface area contributed by atoms with Crippen LogP contribution in [0.3, 0.4) is 0 Å². The molecule has 162 valence electrons. The summed E-state index contributed by atoms with van der Waals surface area (Å²) in [6, 6.07) is 24.4. The first kappa shape index (κ1) is 21.5. The molecule has 0 radical (unpaired) electrons. The number of nitrogens with one attached hydrogen (secondary N) is 1. The Morgan fingerprint density at radius 1 is 0.970 bits per heavy atom. The van der Waals surface area contributed by atoms with Crippen LogP contribution in [0, 0.1) is 0 Å². The van der Waals surface area contributed by atoms with Crippen LogP contribution in [0.25, 0.3) is 38.2 Å². The lowest BCUT2D eigenvalue weighted by Crippen LogP contribution is -2.07. The maximum atomic E-state index is 12.4. The molecule has 3 aromatic carbocycles. The van der Waals surface area contributed by atoms with Gasteiger partial charge in [-0.15, -0.1) is 11.3 Å². The van der Waals surface area contributed by atoms with Crippen LogP contribution in [0.4, 0.5) is 5.69 Å². The molecule has 0 saturated carbocycles. The van der Waals surface area contributed by atoms with Gasteiger partial charge < -0.3 is 9.73 Å². The summed E-state index contributed by atoms with van der Waals surface area (Å²) >= 11 is 14.0. The zero-order chi connectivity index (χ0) is 22.8. The fourth-order valence-electron chi connectivity index (χ4n) is 3.31. The second kappa shape index (κ2) is 9.24. The van der Waals surface area contributed by atoms with Crippen LogP contribution in [0.2, 0.25) is 10.0 Å². The minimum Gasteiger partial charge on any atom is -0.457 e. The average Bonchev–Trinajstić information content (AvgIpc) is 3.45. The standard InChI is InChI=1S/C26H16Cl2N2O2S/c27-17-7-5-16(6-8-17)23-13-10-19(32-23)11-14-25(31)29-18-9-12-20(21(28)15-18)26-30-22-3-1-2-4-24(22)33-26/h1-15H,(H,29,31)/b14-11+. The van der Waals surface area contributed by atoms with Crippen LogP contribution < -0.4 is 5.32 Å². The molecule has 0 bridgehead atoms. The van der Waals surface area contributed by atoms with Gasteiger partial charge >= 0.3 is 0 Å². The lowest BCUT2D eigenvalue weighted by Gasteiger charge is -2.05. The first-order chi connectivity index (χ1) is 16.0. The first-order valence-electron chi connectivity index (χ1n) is 10.1. The summed E-state index contributed by atoms with van der Waals surface area (Å²) in [5.41, 5.74) is 3.28. The SMILES string of the molecule is O=C(/C=C/c1ccc(-c2ccc(Cl)cc2)o1)Nc1ccc(-c2nc3ccccc3s2)c(Cl)c1. The number of hydrogen-bond donors (Lipinski definition) is 1. The molecule has 0 saturated heterocycles. The fraction of sp³-hybridized carbons (Fsp3) is 0. The Kier molecular flexibility index (Phi) is 6.01. The summed E-state index contributed by atoms with van der Waals surface area (Å²) in [6.45, 7) is 0. The Morgan fingerprint density at radius 3 is 2.58 bits per heavy atom. The van der Waals surface area contributed by atoms with E-state index in [9.17, 15) is 4.79 Å². The van der Waals surface area contributed by atoms with Crippen LogP contribution in [-0.4, -0.2) is 10.9 Å². The van der Waals surface area contributed by atoms with Crippen molar-refractivity contribution in [1.29, 1.82) is 0 Å². The van der Waals surface area contributed by atoms with E-state index in [0.29, 0.717) is 27.3 Å². The van der Waals surface area contributed by atoms with E-state index in [0.717, 1.165) is 26.4 Å². The monoisotopic (exact) mass is 490 g/mol. The van der Waals surface area contributed by atoms with Crippen LogP contribution >= 0.6 is 34.5 Å². The highest BCUT2D eigenvalue weighted by Crippen LogP contribution is 2.35. The molecule has 0 unspecified atom stereocenters. The number of fused-ring (bicyclic) bond motifs is 1. The van der Waals surface area contributed by atoms with Crippen LogP contribution in [0.1, 0.15) is 5.76 Å². The number of furan rings is 1. The van der Waals surface area contributed by atoms with Gasteiger partial charge in [-0.1, -0.05) is 35.3 Å². The molecule has 0 atom stereocenters. The van der Waals surface area contributed by atoms with Crippen molar-refractivity contribution in [3.8, 4) is 21.9 Å². The molecule has 1 amide bonds. The molecule has 0 aliphatic carbocycles. The van der Waals surface area contributed by atoms with Crippen molar-refractivity contribution in [2.24, 2.45) is 0 Å². The molecule has 2 heterocycles. The molecule has 0 aliphatic heterocycles. The highest BCUT2D eigenvalue weighted by atomic mass is 35.5. The number of amides is 1. The van der Waals surface area contributed by atoms with Crippen molar-refractivity contribution in [3.63, 3.8) is 0 Å². The topological polar surface area (TPSA) is 55.1 Å². The van der Waals surface area contributed by atoms with Gasteiger partial charge in [0.2, 0.25) is 5.91 Å². The molecule has 5 aromatic rings. The number of anilines is 1. The molecule has 1 N–H and O–H groups in total. The highest BCUT2D eigenvalue weighted by Gasteiger charge is 2.11. The van der Waals surface area contributed by atoms with E-state index >= 15 is 0 Å². The number of thiazole rings is 1. The van der Waals surface area contributed by atoms with Crippen molar-refractivity contribution in [3.05, 3.63) is 101 Å². The Bertz CT molecular complexity index is 1450. The lowest BCUT2D eigenvalue weighted by atomic mass is 10.2. The number of carbonyl (C=O) groups excluding carboxylic acids is 1.